The topological polar surface area (TPSA) is 20.3 Å². The molecule has 0 unspecified atom stereocenters. The van der Waals surface area contributed by atoms with Crippen LogP contribution in [0.15, 0.2) is 72.8 Å². The molecular formula is C22H17ClFNO. The highest BCUT2D eigenvalue weighted by Crippen LogP contribution is 2.36. The summed E-state index contributed by atoms with van der Waals surface area (Å²) in [5.41, 5.74) is 3.87. The van der Waals surface area contributed by atoms with Crippen LogP contribution in [-0.4, -0.2) is 17.4 Å². The van der Waals surface area contributed by atoms with Crippen molar-refractivity contribution in [1.29, 1.82) is 0 Å². The largest absolute Gasteiger partial charge is 0.327 e. The maximum Gasteiger partial charge on any atom is 0.254 e. The summed E-state index contributed by atoms with van der Waals surface area (Å²) in [6.07, 6.45) is 0.799. The summed E-state index contributed by atoms with van der Waals surface area (Å²) in [5.74, 6) is -0.445. The van der Waals surface area contributed by atoms with E-state index in [0.717, 1.165) is 17.5 Å². The Labute approximate surface area is 156 Å². The van der Waals surface area contributed by atoms with Crippen LogP contribution >= 0.6 is 11.6 Å². The SMILES string of the molecule is O=C(c1ccc(F)cc1)N1CCc2ccccc2[C@H]1c1ccc(Cl)cc1. The van der Waals surface area contributed by atoms with E-state index in [-0.39, 0.29) is 17.8 Å². The van der Waals surface area contributed by atoms with Gasteiger partial charge in [0.2, 0.25) is 0 Å². The number of amides is 1. The van der Waals surface area contributed by atoms with Gasteiger partial charge in [0.05, 0.1) is 6.04 Å². The average Bonchev–Trinajstić information content (AvgIpc) is 2.68. The third-order valence-corrected chi connectivity index (χ3v) is 5.07. The first-order valence-electron chi connectivity index (χ1n) is 8.53. The van der Waals surface area contributed by atoms with E-state index in [1.807, 2.05) is 41.3 Å². The standard InChI is InChI=1S/C22H17ClFNO/c23-18-9-5-16(6-10-18)21-20-4-2-1-3-15(20)13-14-25(21)22(26)17-7-11-19(24)12-8-17/h1-12,21H,13-14H2/t21-/m1/s1. The molecule has 0 bridgehead atoms. The maximum absolute atomic E-state index is 13.2. The molecule has 26 heavy (non-hydrogen) atoms. The molecule has 2 nitrogen and oxygen atoms in total. The Morgan fingerprint density at radius 1 is 0.962 bits per heavy atom. The zero-order chi connectivity index (χ0) is 18.1. The van der Waals surface area contributed by atoms with Crippen LogP contribution in [0, 0.1) is 5.82 Å². The van der Waals surface area contributed by atoms with Crippen LogP contribution in [0.5, 0.6) is 0 Å². The summed E-state index contributed by atoms with van der Waals surface area (Å²) in [7, 11) is 0. The Balaban J connectivity index is 1.78. The molecule has 1 aliphatic rings. The summed E-state index contributed by atoms with van der Waals surface area (Å²) in [6, 6.07) is 21.3. The van der Waals surface area contributed by atoms with E-state index in [4.69, 9.17) is 11.6 Å². The van der Waals surface area contributed by atoms with Gasteiger partial charge < -0.3 is 4.90 Å². The number of hydrogen-bond donors (Lipinski definition) is 0. The van der Waals surface area contributed by atoms with Crippen molar-refractivity contribution >= 4 is 17.5 Å². The third-order valence-electron chi connectivity index (χ3n) is 4.82. The van der Waals surface area contributed by atoms with Gasteiger partial charge in [0.1, 0.15) is 5.82 Å². The summed E-state index contributed by atoms with van der Waals surface area (Å²) < 4.78 is 13.2. The Kier molecular flexibility index (Phi) is 4.48. The van der Waals surface area contributed by atoms with Crippen LogP contribution in [0.1, 0.15) is 33.1 Å². The van der Waals surface area contributed by atoms with E-state index in [0.29, 0.717) is 17.1 Å². The number of hydrogen-bond acceptors (Lipinski definition) is 1. The van der Waals surface area contributed by atoms with Gasteiger partial charge in [0.25, 0.3) is 5.91 Å². The van der Waals surface area contributed by atoms with Crippen molar-refractivity contribution in [3.8, 4) is 0 Å². The maximum atomic E-state index is 13.2. The normalized spacial score (nSPS) is 16.2. The number of benzene rings is 3. The lowest BCUT2D eigenvalue weighted by Crippen LogP contribution is -2.40. The first kappa shape index (κ1) is 16.8. The first-order valence-corrected chi connectivity index (χ1v) is 8.91. The molecular weight excluding hydrogens is 349 g/mol. The lowest BCUT2D eigenvalue weighted by molar-refractivity contribution is 0.0694. The van der Waals surface area contributed by atoms with Crippen molar-refractivity contribution in [3.05, 3.63) is 106 Å². The molecule has 0 N–H and O–H groups in total. The van der Waals surface area contributed by atoms with Gasteiger partial charge in [-0.1, -0.05) is 48.0 Å². The molecule has 0 saturated heterocycles. The smallest absolute Gasteiger partial charge is 0.254 e. The number of fused-ring (bicyclic) bond motifs is 1. The summed E-state index contributed by atoms with van der Waals surface area (Å²) in [4.78, 5) is 15.0. The van der Waals surface area contributed by atoms with Crippen molar-refractivity contribution in [3.63, 3.8) is 0 Å². The van der Waals surface area contributed by atoms with Crippen molar-refractivity contribution in [2.45, 2.75) is 12.5 Å². The molecule has 4 heteroatoms. The monoisotopic (exact) mass is 365 g/mol. The second-order valence-electron chi connectivity index (χ2n) is 6.41. The predicted molar refractivity (Wildman–Crippen MR) is 101 cm³/mol. The number of nitrogens with zero attached hydrogens (tertiary/aromatic N) is 1. The second-order valence-corrected chi connectivity index (χ2v) is 6.84. The van der Waals surface area contributed by atoms with Gasteiger partial charge in [-0.3, -0.25) is 4.79 Å². The predicted octanol–water partition coefficient (Wildman–Crippen LogP) is 5.27. The number of carbonyl (C=O) groups is 1. The van der Waals surface area contributed by atoms with E-state index >= 15 is 0 Å². The number of halogens is 2. The second kappa shape index (κ2) is 6.93. The molecule has 0 aromatic heterocycles. The van der Waals surface area contributed by atoms with Gasteiger partial charge in [0, 0.05) is 17.1 Å². The minimum atomic E-state index is -0.347. The number of carbonyl (C=O) groups excluding carboxylic acids is 1. The van der Waals surface area contributed by atoms with Crippen LogP contribution in [-0.2, 0) is 6.42 Å². The summed E-state index contributed by atoms with van der Waals surface area (Å²) in [5, 5.41) is 0.661. The first-order chi connectivity index (χ1) is 12.6. The third kappa shape index (κ3) is 3.11. The molecule has 3 aromatic carbocycles. The summed E-state index contributed by atoms with van der Waals surface area (Å²) >= 11 is 6.04. The van der Waals surface area contributed by atoms with Crippen molar-refractivity contribution in [2.75, 3.05) is 6.54 Å². The molecule has 0 aliphatic carbocycles. The van der Waals surface area contributed by atoms with E-state index < -0.39 is 0 Å². The van der Waals surface area contributed by atoms with Crippen molar-refractivity contribution in [1.82, 2.24) is 4.90 Å². The van der Waals surface area contributed by atoms with Gasteiger partial charge >= 0.3 is 0 Å². The molecule has 0 spiro atoms. The van der Waals surface area contributed by atoms with E-state index in [9.17, 15) is 9.18 Å². The zero-order valence-corrected chi connectivity index (χ0v) is 14.8. The highest BCUT2D eigenvalue weighted by Gasteiger charge is 2.32. The Morgan fingerprint density at radius 2 is 1.65 bits per heavy atom. The highest BCUT2D eigenvalue weighted by molar-refractivity contribution is 6.30. The molecule has 1 atom stereocenters. The van der Waals surface area contributed by atoms with Gasteiger partial charge in [-0.2, -0.15) is 0 Å². The van der Waals surface area contributed by atoms with E-state index in [1.165, 1.54) is 29.8 Å². The molecule has 1 aliphatic heterocycles. The molecule has 0 fully saturated rings. The lowest BCUT2D eigenvalue weighted by Gasteiger charge is -2.38. The van der Waals surface area contributed by atoms with Crippen LogP contribution in [0.2, 0.25) is 5.02 Å². The van der Waals surface area contributed by atoms with Crippen LogP contribution in [0.25, 0.3) is 0 Å². The molecule has 4 rings (SSSR count). The fraction of sp³-hybridized carbons (Fsp3) is 0.136. The van der Waals surface area contributed by atoms with Crippen molar-refractivity contribution < 1.29 is 9.18 Å². The highest BCUT2D eigenvalue weighted by atomic mass is 35.5. The fourth-order valence-electron chi connectivity index (χ4n) is 3.55. The average molecular weight is 366 g/mol. The quantitative estimate of drug-likeness (QED) is 0.606. The molecule has 1 amide bonds. The van der Waals surface area contributed by atoms with Crippen LogP contribution < -0.4 is 0 Å². The van der Waals surface area contributed by atoms with Crippen LogP contribution in [0.4, 0.5) is 4.39 Å². The molecule has 130 valence electrons. The molecule has 1 heterocycles. The van der Waals surface area contributed by atoms with Gasteiger partial charge in [-0.05, 0) is 59.5 Å². The molecule has 0 radical (unpaired) electrons. The minimum absolute atomic E-state index is 0.0977. The van der Waals surface area contributed by atoms with Gasteiger partial charge in [-0.15, -0.1) is 0 Å². The van der Waals surface area contributed by atoms with Gasteiger partial charge in [0.15, 0.2) is 0 Å². The lowest BCUT2D eigenvalue weighted by atomic mass is 9.87. The molecule has 0 saturated carbocycles. The van der Waals surface area contributed by atoms with E-state index in [1.54, 1.807) is 0 Å². The minimum Gasteiger partial charge on any atom is -0.327 e. The fourth-order valence-corrected chi connectivity index (χ4v) is 3.67. The molecule has 3 aromatic rings. The van der Waals surface area contributed by atoms with Crippen LogP contribution in [0.3, 0.4) is 0 Å². The Bertz CT molecular complexity index is 937. The van der Waals surface area contributed by atoms with E-state index in [2.05, 4.69) is 12.1 Å². The Morgan fingerprint density at radius 3 is 2.38 bits per heavy atom. The Hall–Kier alpha value is -2.65. The van der Waals surface area contributed by atoms with Gasteiger partial charge in [-0.25, -0.2) is 4.39 Å². The van der Waals surface area contributed by atoms with Crippen molar-refractivity contribution in [2.24, 2.45) is 0 Å². The summed E-state index contributed by atoms with van der Waals surface area (Å²) in [6.45, 7) is 0.612. The number of rotatable bonds is 2. The zero-order valence-electron chi connectivity index (χ0n) is 14.0.